The van der Waals surface area contributed by atoms with Crippen LogP contribution in [0.5, 0.6) is 0 Å². The van der Waals surface area contributed by atoms with Crippen LogP contribution in [0.25, 0.3) is 0 Å². The molecule has 0 radical (unpaired) electrons. The number of nitrogens with two attached hydrogens (primary N) is 1. The molecule has 3 N–H and O–H groups in total. The lowest BCUT2D eigenvalue weighted by Gasteiger charge is -2.16. The van der Waals surface area contributed by atoms with Gasteiger partial charge >= 0.3 is 0 Å². The van der Waals surface area contributed by atoms with Crippen LogP contribution in [0.3, 0.4) is 0 Å². The molecule has 0 spiro atoms. The smallest absolute Gasteiger partial charge is 0.126 e. The van der Waals surface area contributed by atoms with Crippen LogP contribution in [-0.2, 0) is 11.2 Å². The second kappa shape index (κ2) is 4.59. The van der Waals surface area contributed by atoms with Gasteiger partial charge in [0.15, 0.2) is 0 Å². The van der Waals surface area contributed by atoms with Crippen molar-refractivity contribution in [1.82, 2.24) is 4.98 Å². The predicted octanol–water partition coefficient (Wildman–Crippen LogP) is 0.604. The van der Waals surface area contributed by atoms with Gasteiger partial charge in [0.05, 0.1) is 12.7 Å². The number of aliphatic hydroxyl groups excluding tert-OH is 1. The van der Waals surface area contributed by atoms with Crippen molar-refractivity contribution < 1.29 is 9.84 Å². The summed E-state index contributed by atoms with van der Waals surface area (Å²) in [6.07, 6.45) is 2.78. The van der Waals surface area contributed by atoms with Crippen LogP contribution in [0.15, 0.2) is 18.3 Å². The summed E-state index contributed by atoms with van der Waals surface area (Å²) in [5.74, 6) is 0.750. The third-order valence-corrected chi connectivity index (χ3v) is 2.86. The lowest BCUT2D eigenvalue weighted by molar-refractivity contribution is 0.0919. The van der Waals surface area contributed by atoms with Crippen molar-refractivity contribution in [3.8, 4) is 0 Å². The van der Waals surface area contributed by atoms with Crippen molar-refractivity contribution in [1.29, 1.82) is 0 Å². The van der Waals surface area contributed by atoms with Crippen LogP contribution in [0, 0.1) is 5.92 Å². The summed E-state index contributed by atoms with van der Waals surface area (Å²) in [5.41, 5.74) is 6.63. The Balaban J connectivity index is 1.99. The average Bonchev–Trinajstić information content (AvgIpc) is 2.74. The van der Waals surface area contributed by atoms with E-state index in [1.54, 1.807) is 6.20 Å². The fraction of sp³-hybridized carbons (Fsp3) is 0.545. The summed E-state index contributed by atoms with van der Waals surface area (Å²) in [6.45, 7) is 1.41. The van der Waals surface area contributed by atoms with Gasteiger partial charge in [-0.2, -0.15) is 0 Å². The summed E-state index contributed by atoms with van der Waals surface area (Å²) in [6, 6.07) is 3.74. The summed E-state index contributed by atoms with van der Waals surface area (Å²) in [5, 5.41) is 9.96. The second-order valence-electron chi connectivity index (χ2n) is 3.94. The van der Waals surface area contributed by atoms with E-state index in [0.29, 0.717) is 18.8 Å². The molecule has 2 rings (SSSR count). The molecular formula is C11H16N2O2. The Morgan fingerprint density at radius 3 is 3.20 bits per heavy atom. The van der Waals surface area contributed by atoms with Gasteiger partial charge in [-0.05, 0) is 18.1 Å². The Bertz CT molecular complexity index is 324. The number of nitrogen functional groups attached to an aromatic ring is 1. The molecule has 1 aromatic heterocycles. The zero-order chi connectivity index (χ0) is 10.7. The first-order valence-electron chi connectivity index (χ1n) is 5.22. The van der Waals surface area contributed by atoms with Crippen molar-refractivity contribution in [2.45, 2.75) is 18.9 Å². The maximum atomic E-state index is 9.96. The third kappa shape index (κ3) is 2.46. The van der Waals surface area contributed by atoms with Crippen LogP contribution < -0.4 is 5.73 Å². The van der Waals surface area contributed by atoms with Crippen LogP contribution in [-0.4, -0.2) is 29.4 Å². The zero-order valence-corrected chi connectivity index (χ0v) is 8.60. The van der Waals surface area contributed by atoms with E-state index in [9.17, 15) is 5.11 Å². The van der Waals surface area contributed by atoms with Gasteiger partial charge in [0.1, 0.15) is 5.82 Å². The number of aromatic nitrogens is 1. The van der Waals surface area contributed by atoms with E-state index in [0.717, 1.165) is 18.6 Å². The van der Waals surface area contributed by atoms with Gasteiger partial charge in [-0.15, -0.1) is 0 Å². The van der Waals surface area contributed by atoms with Gasteiger partial charge in [-0.1, -0.05) is 6.07 Å². The Kier molecular flexibility index (Phi) is 3.18. The molecule has 0 aromatic carbocycles. The van der Waals surface area contributed by atoms with Crippen molar-refractivity contribution in [3.63, 3.8) is 0 Å². The van der Waals surface area contributed by atoms with Gasteiger partial charge in [0.2, 0.25) is 0 Å². The lowest BCUT2D eigenvalue weighted by atomic mass is 9.96. The van der Waals surface area contributed by atoms with E-state index < -0.39 is 0 Å². The first-order chi connectivity index (χ1) is 7.27. The molecule has 82 valence electrons. The molecule has 0 aliphatic carbocycles. The molecule has 0 amide bonds. The Labute approximate surface area is 89.1 Å². The summed E-state index contributed by atoms with van der Waals surface area (Å²) >= 11 is 0. The number of anilines is 1. The predicted molar refractivity (Wildman–Crippen MR) is 57.3 cm³/mol. The molecule has 4 nitrogen and oxygen atoms in total. The van der Waals surface area contributed by atoms with Crippen molar-refractivity contribution in [2.24, 2.45) is 5.92 Å². The first kappa shape index (κ1) is 10.4. The third-order valence-electron chi connectivity index (χ3n) is 2.86. The van der Waals surface area contributed by atoms with Crippen LogP contribution in [0.1, 0.15) is 12.0 Å². The normalized spacial score (nSPS) is 22.9. The van der Waals surface area contributed by atoms with E-state index in [-0.39, 0.29) is 12.0 Å². The Hall–Kier alpha value is -1.13. The lowest BCUT2D eigenvalue weighted by Crippen LogP contribution is -2.23. The number of aliphatic hydroxyl groups is 1. The number of hydrogen-bond acceptors (Lipinski definition) is 4. The monoisotopic (exact) mass is 208 g/mol. The van der Waals surface area contributed by atoms with E-state index in [4.69, 9.17) is 10.5 Å². The van der Waals surface area contributed by atoms with Gasteiger partial charge < -0.3 is 15.6 Å². The molecule has 15 heavy (non-hydrogen) atoms. The summed E-state index contributed by atoms with van der Waals surface area (Å²) < 4.78 is 5.24. The van der Waals surface area contributed by atoms with Gasteiger partial charge in [-0.3, -0.25) is 0 Å². The quantitative estimate of drug-likeness (QED) is 0.763. The maximum absolute atomic E-state index is 9.96. The van der Waals surface area contributed by atoms with Crippen LogP contribution >= 0.6 is 0 Å². The number of nitrogens with zero attached hydrogens (tertiary/aromatic N) is 1. The van der Waals surface area contributed by atoms with E-state index in [1.165, 1.54) is 0 Å². The number of hydrogen-bond donors (Lipinski definition) is 2. The van der Waals surface area contributed by atoms with Gasteiger partial charge in [0.25, 0.3) is 0 Å². The fourth-order valence-corrected chi connectivity index (χ4v) is 1.87. The minimum atomic E-state index is -0.376. The van der Waals surface area contributed by atoms with Gasteiger partial charge in [-0.25, -0.2) is 4.98 Å². The van der Waals surface area contributed by atoms with Crippen molar-refractivity contribution >= 4 is 5.82 Å². The highest BCUT2D eigenvalue weighted by molar-refractivity contribution is 5.38. The summed E-state index contributed by atoms with van der Waals surface area (Å²) in [7, 11) is 0. The molecule has 1 aliphatic rings. The molecule has 4 heteroatoms. The molecule has 0 bridgehead atoms. The maximum Gasteiger partial charge on any atom is 0.126 e. The fourth-order valence-electron chi connectivity index (χ4n) is 1.87. The van der Waals surface area contributed by atoms with Crippen LogP contribution in [0.4, 0.5) is 5.82 Å². The highest BCUT2D eigenvalue weighted by atomic mass is 16.5. The van der Waals surface area contributed by atoms with E-state index in [2.05, 4.69) is 4.98 Å². The molecular weight excluding hydrogens is 192 g/mol. The molecule has 2 atom stereocenters. The summed E-state index contributed by atoms with van der Waals surface area (Å²) in [4.78, 5) is 3.99. The number of rotatable bonds is 3. The average molecular weight is 208 g/mol. The van der Waals surface area contributed by atoms with E-state index in [1.807, 2.05) is 12.1 Å². The number of pyridine rings is 1. The Morgan fingerprint density at radius 1 is 1.67 bits per heavy atom. The Morgan fingerprint density at radius 2 is 2.53 bits per heavy atom. The minimum absolute atomic E-state index is 0.240. The molecule has 1 saturated heterocycles. The largest absolute Gasteiger partial charge is 0.392 e. The van der Waals surface area contributed by atoms with Crippen molar-refractivity contribution in [2.75, 3.05) is 18.9 Å². The molecule has 2 unspecified atom stereocenters. The van der Waals surface area contributed by atoms with E-state index >= 15 is 0 Å². The SMILES string of the molecule is Nc1ncccc1CC(O)C1CCOC1. The highest BCUT2D eigenvalue weighted by Gasteiger charge is 2.24. The molecule has 2 heterocycles. The zero-order valence-electron chi connectivity index (χ0n) is 8.60. The first-order valence-corrected chi connectivity index (χ1v) is 5.22. The highest BCUT2D eigenvalue weighted by Crippen LogP contribution is 2.21. The van der Waals surface area contributed by atoms with Gasteiger partial charge in [0, 0.05) is 25.1 Å². The minimum Gasteiger partial charge on any atom is -0.392 e. The molecule has 1 aromatic rings. The number of ether oxygens (including phenoxy) is 1. The van der Waals surface area contributed by atoms with Crippen LogP contribution in [0.2, 0.25) is 0 Å². The molecule has 1 aliphatic heterocycles. The second-order valence-corrected chi connectivity index (χ2v) is 3.94. The topological polar surface area (TPSA) is 68.4 Å². The standard InChI is InChI=1S/C11H16N2O2/c12-11-8(2-1-4-13-11)6-10(14)9-3-5-15-7-9/h1-2,4,9-10,14H,3,5-7H2,(H2,12,13). The van der Waals surface area contributed by atoms with Crippen molar-refractivity contribution in [3.05, 3.63) is 23.9 Å². The molecule has 0 saturated carbocycles. The molecule has 1 fully saturated rings.